The fourth-order valence-corrected chi connectivity index (χ4v) is 1.62. The molecule has 0 spiro atoms. The highest BCUT2D eigenvalue weighted by molar-refractivity contribution is 5.77. The van der Waals surface area contributed by atoms with Crippen LogP contribution in [0.15, 0.2) is 18.2 Å². The Balaban J connectivity index is 2.13. The number of rotatable bonds is 2. The molecule has 3 heterocycles. The van der Waals surface area contributed by atoms with Crippen LogP contribution in [0, 0.1) is 0 Å². The summed E-state index contributed by atoms with van der Waals surface area (Å²) in [6.07, 6.45) is 0. The number of aromatic nitrogens is 5. The second kappa shape index (κ2) is 3.48. The third-order valence-electron chi connectivity index (χ3n) is 2.45. The molecule has 0 amide bonds. The molecule has 0 saturated carbocycles. The molecule has 7 heteroatoms. The zero-order valence-corrected chi connectivity index (χ0v) is 9.15. The largest absolute Gasteiger partial charge is 0.382 e. The summed E-state index contributed by atoms with van der Waals surface area (Å²) in [7, 11) is 1.82. The monoisotopic (exact) mass is 229 g/mol. The zero-order valence-electron chi connectivity index (χ0n) is 9.15. The molecular formula is C10H11N7. The van der Waals surface area contributed by atoms with Crippen molar-refractivity contribution in [3.63, 3.8) is 0 Å². The van der Waals surface area contributed by atoms with E-state index in [4.69, 9.17) is 5.73 Å². The molecular weight excluding hydrogens is 218 g/mol. The van der Waals surface area contributed by atoms with Crippen molar-refractivity contribution in [3.05, 3.63) is 18.2 Å². The molecule has 17 heavy (non-hydrogen) atoms. The maximum Gasteiger partial charge on any atom is 0.180 e. The van der Waals surface area contributed by atoms with Gasteiger partial charge in [0, 0.05) is 13.1 Å². The molecule has 3 aromatic rings. The topological polar surface area (TPSA) is 108 Å². The van der Waals surface area contributed by atoms with Crippen molar-refractivity contribution >= 4 is 22.8 Å². The molecule has 0 fully saturated rings. The van der Waals surface area contributed by atoms with Gasteiger partial charge in [-0.3, -0.25) is 5.10 Å². The SMILES string of the molecule is CNc1ccc2[nH]c(-c3cc(N)n[nH]3)nc2n1. The molecule has 0 aliphatic rings. The van der Waals surface area contributed by atoms with Gasteiger partial charge in [0.05, 0.1) is 5.52 Å². The van der Waals surface area contributed by atoms with Crippen molar-refractivity contribution in [2.45, 2.75) is 0 Å². The highest BCUT2D eigenvalue weighted by Gasteiger charge is 2.08. The number of imidazole rings is 1. The number of H-pyrrole nitrogens is 2. The van der Waals surface area contributed by atoms with Crippen molar-refractivity contribution < 1.29 is 0 Å². The number of hydrogen-bond donors (Lipinski definition) is 4. The van der Waals surface area contributed by atoms with Crippen LogP contribution in [0.3, 0.4) is 0 Å². The minimum absolute atomic E-state index is 0.435. The highest BCUT2D eigenvalue weighted by Crippen LogP contribution is 2.19. The fraction of sp³-hybridized carbons (Fsp3) is 0.100. The molecule has 0 saturated heterocycles. The van der Waals surface area contributed by atoms with Gasteiger partial charge in [-0.15, -0.1) is 0 Å². The number of aromatic amines is 2. The summed E-state index contributed by atoms with van der Waals surface area (Å²) in [5.74, 6) is 1.88. The quantitative estimate of drug-likeness (QED) is 0.523. The maximum absolute atomic E-state index is 5.55. The normalized spacial score (nSPS) is 10.9. The molecule has 0 unspecified atom stereocenters. The number of nitrogens with zero attached hydrogens (tertiary/aromatic N) is 3. The summed E-state index contributed by atoms with van der Waals surface area (Å²) < 4.78 is 0. The molecule has 86 valence electrons. The van der Waals surface area contributed by atoms with E-state index in [1.165, 1.54) is 0 Å². The van der Waals surface area contributed by atoms with E-state index in [0.29, 0.717) is 17.3 Å². The summed E-state index contributed by atoms with van der Waals surface area (Å²) in [6, 6.07) is 5.52. The molecule has 3 rings (SSSR count). The van der Waals surface area contributed by atoms with Gasteiger partial charge in [0.15, 0.2) is 11.5 Å². The number of hydrogen-bond acceptors (Lipinski definition) is 5. The molecule has 0 aromatic carbocycles. The third-order valence-corrected chi connectivity index (χ3v) is 2.45. The third kappa shape index (κ3) is 1.57. The summed E-state index contributed by atoms with van der Waals surface area (Å²) in [4.78, 5) is 11.8. The summed E-state index contributed by atoms with van der Waals surface area (Å²) in [5.41, 5.74) is 7.81. The first kappa shape index (κ1) is 9.64. The highest BCUT2D eigenvalue weighted by atomic mass is 15.2. The van der Waals surface area contributed by atoms with E-state index < -0.39 is 0 Å². The van der Waals surface area contributed by atoms with Crippen LogP contribution < -0.4 is 11.1 Å². The Morgan fingerprint density at radius 1 is 1.29 bits per heavy atom. The van der Waals surface area contributed by atoms with E-state index in [2.05, 4.69) is 30.5 Å². The summed E-state index contributed by atoms with van der Waals surface area (Å²) in [5, 5.41) is 9.62. The lowest BCUT2D eigenvalue weighted by atomic mass is 10.4. The van der Waals surface area contributed by atoms with E-state index in [1.54, 1.807) is 6.07 Å². The van der Waals surface area contributed by atoms with Crippen molar-refractivity contribution in [1.29, 1.82) is 0 Å². The van der Waals surface area contributed by atoms with E-state index in [-0.39, 0.29) is 0 Å². The Hall–Kier alpha value is -2.57. The number of fused-ring (bicyclic) bond motifs is 1. The van der Waals surface area contributed by atoms with Gasteiger partial charge in [0.2, 0.25) is 0 Å². The van der Waals surface area contributed by atoms with Crippen LogP contribution in [0.5, 0.6) is 0 Å². The van der Waals surface area contributed by atoms with Gasteiger partial charge >= 0.3 is 0 Å². The van der Waals surface area contributed by atoms with Crippen LogP contribution in [0.2, 0.25) is 0 Å². The molecule has 0 aliphatic heterocycles. The molecule has 3 aromatic heterocycles. The Kier molecular flexibility index (Phi) is 1.97. The van der Waals surface area contributed by atoms with Crippen molar-refractivity contribution in [2.75, 3.05) is 18.1 Å². The number of anilines is 2. The average molecular weight is 229 g/mol. The first-order valence-electron chi connectivity index (χ1n) is 5.12. The van der Waals surface area contributed by atoms with Crippen LogP contribution in [-0.2, 0) is 0 Å². The minimum atomic E-state index is 0.435. The predicted octanol–water partition coefficient (Wildman–Crippen LogP) is 0.972. The number of nitrogens with two attached hydrogens (primary N) is 1. The smallest absolute Gasteiger partial charge is 0.180 e. The molecule has 0 atom stereocenters. The lowest BCUT2D eigenvalue weighted by Gasteiger charge is -1.95. The Morgan fingerprint density at radius 2 is 2.18 bits per heavy atom. The Bertz CT molecular complexity index is 666. The van der Waals surface area contributed by atoms with Crippen molar-refractivity contribution in [3.8, 4) is 11.5 Å². The first-order chi connectivity index (χ1) is 8.26. The van der Waals surface area contributed by atoms with Gasteiger partial charge in [-0.2, -0.15) is 5.10 Å². The molecule has 0 radical (unpaired) electrons. The van der Waals surface area contributed by atoms with Gasteiger partial charge in [0.1, 0.15) is 17.3 Å². The van der Waals surface area contributed by atoms with E-state index in [1.807, 2.05) is 19.2 Å². The van der Waals surface area contributed by atoms with E-state index >= 15 is 0 Å². The molecule has 0 bridgehead atoms. The Morgan fingerprint density at radius 3 is 2.88 bits per heavy atom. The summed E-state index contributed by atoms with van der Waals surface area (Å²) in [6.45, 7) is 0. The van der Waals surface area contributed by atoms with Gasteiger partial charge in [-0.25, -0.2) is 9.97 Å². The number of nitrogens with one attached hydrogen (secondary N) is 3. The van der Waals surface area contributed by atoms with Crippen LogP contribution in [-0.4, -0.2) is 32.2 Å². The standard InChI is InChI=1S/C10H11N7/c1-12-8-3-2-5-9(14-8)15-10(13-5)6-4-7(11)17-16-6/h2-4H,1H3,(H3,11,16,17)(H2,12,13,14,15). The van der Waals surface area contributed by atoms with Crippen molar-refractivity contribution in [1.82, 2.24) is 25.1 Å². The molecule has 7 nitrogen and oxygen atoms in total. The minimum Gasteiger partial charge on any atom is -0.382 e. The van der Waals surface area contributed by atoms with Gasteiger partial charge in [-0.1, -0.05) is 0 Å². The molecule has 5 N–H and O–H groups in total. The van der Waals surface area contributed by atoms with Crippen LogP contribution in [0.4, 0.5) is 11.6 Å². The number of pyridine rings is 1. The lowest BCUT2D eigenvalue weighted by molar-refractivity contribution is 1.09. The zero-order chi connectivity index (χ0) is 11.8. The Labute approximate surface area is 96.5 Å². The van der Waals surface area contributed by atoms with Gasteiger partial charge in [0.25, 0.3) is 0 Å². The summed E-state index contributed by atoms with van der Waals surface area (Å²) >= 11 is 0. The van der Waals surface area contributed by atoms with Gasteiger partial charge in [-0.05, 0) is 12.1 Å². The van der Waals surface area contributed by atoms with Crippen LogP contribution in [0.1, 0.15) is 0 Å². The first-order valence-corrected chi connectivity index (χ1v) is 5.12. The van der Waals surface area contributed by atoms with Crippen LogP contribution in [0.25, 0.3) is 22.7 Å². The van der Waals surface area contributed by atoms with Gasteiger partial charge < -0.3 is 16.0 Å². The van der Waals surface area contributed by atoms with Crippen molar-refractivity contribution in [2.24, 2.45) is 0 Å². The fourth-order valence-electron chi connectivity index (χ4n) is 1.62. The molecule has 0 aliphatic carbocycles. The predicted molar refractivity (Wildman–Crippen MR) is 65.4 cm³/mol. The average Bonchev–Trinajstić information content (AvgIpc) is 2.93. The second-order valence-electron chi connectivity index (χ2n) is 3.61. The number of nitrogen functional groups attached to an aromatic ring is 1. The lowest BCUT2D eigenvalue weighted by Crippen LogP contribution is -1.91. The maximum atomic E-state index is 5.55. The second-order valence-corrected chi connectivity index (χ2v) is 3.61. The van der Waals surface area contributed by atoms with E-state index in [9.17, 15) is 0 Å². The van der Waals surface area contributed by atoms with Crippen LogP contribution >= 0.6 is 0 Å². The van der Waals surface area contributed by atoms with E-state index in [0.717, 1.165) is 17.0 Å².